The normalized spacial score (nSPS) is 9.95. The molecule has 122 valence electrons. The van der Waals surface area contributed by atoms with Gasteiger partial charge in [0.1, 0.15) is 6.61 Å². The van der Waals surface area contributed by atoms with Crippen LogP contribution in [-0.2, 0) is 28.5 Å². The van der Waals surface area contributed by atoms with E-state index in [0.29, 0.717) is 52.9 Å². The second-order valence-corrected chi connectivity index (χ2v) is 3.35. The van der Waals surface area contributed by atoms with E-state index in [9.17, 15) is 4.79 Å². The van der Waals surface area contributed by atoms with Crippen LogP contribution < -0.4 is 5.73 Å². The van der Waals surface area contributed by atoms with Crippen LogP contribution in [0.25, 0.3) is 0 Å². The molecule has 0 aromatic heterocycles. The van der Waals surface area contributed by atoms with Gasteiger partial charge in [0.25, 0.3) is 0 Å². The zero-order valence-electron chi connectivity index (χ0n) is 12.9. The number of carbonyl (C=O) groups excluding carboxylic acids is 1. The topological polar surface area (TPSA) is 89.2 Å². The molecular formula is C13H29NO6. The van der Waals surface area contributed by atoms with Crippen molar-refractivity contribution in [3.63, 3.8) is 0 Å². The lowest BCUT2D eigenvalue weighted by Gasteiger charge is -2.06. The number of primary amides is 1. The first kappa shape index (κ1) is 21.6. The largest absolute Gasteiger partial charge is 0.382 e. The SMILES string of the molecule is CC.COCCOCCOCCOCCOCC(N)=O. The lowest BCUT2D eigenvalue weighted by Crippen LogP contribution is -2.20. The summed E-state index contributed by atoms with van der Waals surface area (Å²) in [6.45, 7) is 7.93. The molecular weight excluding hydrogens is 266 g/mol. The third kappa shape index (κ3) is 22.5. The van der Waals surface area contributed by atoms with Crippen molar-refractivity contribution in [2.45, 2.75) is 13.8 Å². The van der Waals surface area contributed by atoms with Gasteiger partial charge < -0.3 is 29.4 Å². The molecule has 0 unspecified atom stereocenters. The van der Waals surface area contributed by atoms with Gasteiger partial charge >= 0.3 is 0 Å². The summed E-state index contributed by atoms with van der Waals surface area (Å²) in [7, 11) is 1.63. The monoisotopic (exact) mass is 295 g/mol. The average Bonchev–Trinajstić information content (AvgIpc) is 2.46. The van der Waals surface area contributed by atoms with Crippen LogP contribution in [0, 0.1) is 0 Å². The van der Waals surface area contributed by atoms with Crippen LogP contribution in [0.15, 0.2) is 0 Å². The Bertz CT molecular complexity index is 192. The fourth-order valence-electron chi connectivity index (χ4n) is 0.975. The highest BCUT2D eigenvalue weighted by atomic mass is 16.6. The minimum atomic E-state index is -0.480. The van der Waals surface area contributed by atoms with Crippen molar-refractivity contribution in [2.75, 3.05) is 66.6 Å². The Hall–Kier alpha value is -0.730. The fraction of sp³-hybridized carbons (Fsp3) is 0.923. The second-order valence-electron chi connectivity index (χ2n) is 3.35. The zero-order chi connectivity index (χ0) is 15.5. The lowest BCUT2D eigenvalue weighted by molar-refractivity contribution is -0.123. The Morgan fingerprint density at radius 3 is 1.45 bits per heavy atom. The molecule has 0 fully saturated rings. The molecule has 2 N–H and O–H groups in total. The lowest BCUT2D eigenvalue weighted by atomic mass is 10.6. The molecule has 0 saturated heterocycles. The zero-order valence-corrected chi connectivity index (χ0v) is 12.9. The first-order chi connectivity index (χ1) is 9.77. The predicted octanol–water partition coefficient (Wildman–Crippen LogP) is 0.211. The number of methoxy groups -OCH3 is 1. The molecule has 0 rings (SSSR count). The van der Waals surface area contributed by atoms with Gasteiger partial charge in [0, 0.05) is 7.11 Å². The number of nitrogens with two attached hydrogens (primary N) is 1. The maximum Gasteiger partial charge on any atom is 0.243 e. The van der Waals surface area contributed by atoms with E-state index in [2.05, 4.69) is 0 Å². The summed E-state index contributed by atoms with van der Waals surface area (Å²) in [6, 6.07) is 0. The number of ether oxygens (including phenoxy) is 5. The van der Waals surface area contributed by atoms with Gasteiger partial charge in [0.15, 0.2) is 0 Å². The van der Waals surface area contributed by atoms with Crippen molar-refractivity contribution < 1.29 is 28.5 Å². The molecule has 7 heteroatoms. The molecule has 0 radical (unpaired) electrons. The summed E-state index contributed by atoms with van der Waals surface area (Å²) in [5.41, 5.74) is 4.89. The van der Waals surface area contributed by atoms with Gasteiger partial charge in [-0.2, -0.15) is 0 Å². The summed E-state index contributed by atoms with van der Waals surface area (Å²) >= 11 is 0. The van der Waals surface area contributed by atoms with Crippen molar-refractivity contribution in [1.29, 1.82) is 0 Å². The smallest absolute Gasteiger partial charge is 0.243 e. The molecule has 0 heterocycles. The molecule has 0 aromatic rings. The number of hydrogen-bond acceptors (Lipinski definition) is 6. The molecule has 7 nitrogen and oxygen atoms in total. The van der Waals surface area contributed by atoms with E-state index in [4.69, 9.17) is 29.4 Å². The first-order valence-electron chi connectivity index (χ1n) is 6.85. The first-order valence-corrected chi connectivity index (χ1v) is 6.85. The molecule has 0 aliphatic heterocycles. The maximum absolute atomic E-state index is 10.3. The summed E-state index contributed by atoms with van der Waals surface area (Å²) < 4.78 is 25.4. The highest BCUT2D eigenvalue weighted by Crippen LogP contribution is 1.82. The van der Waals surface area contributed by atoms with Crippen molar-refractivity contribution in [3.8, 4) is 0 Å². The van der Waals surface area contributed by atoms with Gasteiger partial charge in [-0.25, -0.2) is 0 Å². The van der Waals surface area contributed by atoms with Crippen molar-refractivity contribution in [3.05, 3.63) is 0 Å². The molecule has 0 aliphatic rings. The van der Waals surface area contributed by atoms with Gasteiger partial charge in [-0.05, 0) is 0 Å². The van der Waals surface area contributed by atoms with Crippen LogP contribution in [0.5, 0.6) is 0 Å². The minimum Gasteiger partial charge on any atom is -0.382 e. The standard InChI is InChI=1S/C11H23NO6.C2H6/c1-14-2-3-15-4-5-16-6-7-17-8-9-18-10-11(12)13;1-2/h2-10H2,1H3,(H2,12,13);1-2H3. The number of amides is 1. The van der Waals surface area contributed by atoms with E-state index in [0.717, 1.165) is 0 Å². The minimum absolute atomic E-state index is 0.0708. The van der Waals surface area contributed by atoms with E-state index < -0.39 is 5.91 Å². The maximum atomic E-state index is 10.3. The predicted molar refractivity (Wildman–Crippen MR) is 75.7 cm³/mol. The van der Waals surface area contributed by atoms with Crippen molar-refractivity contribution in [1.82, 2.24) is 0 Å². The Labute approximate surface area is 121 Å². The Balaban J connectivity index is 0. The van der Waals surface area contributed by atoms with Crippen molar-refractivity contribution in [2.24, 2.45) is 5.73 Å². The Morgan fingerprint density at radius 1 is 0.750 bits per heavy atom. The molecule has 20 heavy (non-hydrogen) atoms. The summed E-state index contributed by atoms with van der Waals surface area (Å²) in [4.78, 5) is 10.3. The second kappa shape index (κ2) is 20.6. The number of carbonyl (C=O) groups is 1. The third-order valence-electron chi connectivity index (χ3n) is 1.79. The van der Waals surface area contributed by atoms with E-state index in [1.165, 1.54) is 0 Å². The van der Waals surface area contributed by atoms with E-state index in [1.807, 2.05) is 13.8 Å². The van der Waals surface area contributed by atoms with Crippen LogP contribution in [0.1, 0.15) is 13.8 Å². The van der Waals surface area contributed by atoms with Gasteiger partial charge in [-0.15, -0.1) is 0 Å². The Morgan fingerprint density at radius 2 is 1.10 bits per heavy atom. The highest BCUT2D eigenvalue weighted by molar-refractivity contribution is 5.74. The molecule has 0 bridgehead atoms. The number of rotatable bonds is 14. The Kier molecular flexibility index (Phi) is 22.2. The van der Waals surface area contributed by atoms with E-state index >= 15 is 0 Å². The molecule has 0 aromatic carbocycles. The van der Waals surface area contributed by atoms with E-state index in [-0.39, 0.29) is 6.61 Å². The van der Waals surface area contributed by atoms with Gasteiger partial charge in [0.2, 0.25) is 5.91 Å². The molecule has 0 saturated carbocycles. The summed E-state index contributed by atoms with van der Waals surface area (Å²) in [5.74, 6) is -0.480. The summed E-state index contributed by atoms with van der Waals surface area (Å²) in [6.07, 6.45) is 0. The third-order valence-corrected chi connectivity index (χ3v) is 1.79. The van der Waals surface area contributed by atoms with Gasteiger partial charge in [0.05, 0.1) is 52.9 Å². The van der Waals surface area contributed by atoms with Gasteiger partial charge in [-0.3, -0.25) is 4.79 Å². The fourth-order valence-corrected chi connectivity index (χ4v) is 0.975. The molecule has 1 amide bonds. The van der Waals surface area contributed by atoms with E-state index in [1.54, 1.807) is 7.11 Å². The van der Waals surface area contributed by atoms with Crippen LogP contribution in [0.4, 0.5) is 0 Å². The van der Waals surface area contributed by atoms with Gasteiger partial charge in [-0.1, -0.05) is 13.8 Å². The summed E-state index contributed by atoms with van der Waals surface area (Å²) in [5, 5.41) is 0. The van der Waals surface area contributed by atoms with Crippen LogP contribution in [-0.4, -0.2) is 72.5 Å². The quantitative estimate of drug-likeness (QED) is 0.461. The average molecular weight is 295 g/mol. The molecule has 0 aliphatic carbocycles. The van der Waals surface area contributed by atoms with Crippen LogP contribution in [0.3, 0.4) is 0 Å². The highest BCUT2D eigenvalue weighted by Gasteiger charge is 1.94. The molecule has 0 atom stereocenters. The number of hydrogen-bond donors (Lipinski definition) is 1. The van der Waals surface area contributed by atoms with Crippen molar-refractivity contribution >= 4 is 5.91 Å². The van der Waals surface area contributed by atoms with Crippen LogP contribution in [0.2, 0.25) is 0 Å². The molecule has 0 spiro atoms. The van der Waals surface area contributed by atoms with Crippen LogP contribution >= 0.6 is 0 Å².